The van der Waals surface area contributed by atoms with Crippen molar-refractivity contribution in [1.29, 1.82) is 0 Å². The van der Waals surface area contributed by atoms with Crippen LogP contribution in [0.2, 0.25) is 0 Å². The summed E-state index contributed by atoms with van der Waals surface area (Å²) in [6.45, 7) is 2.78. The van der Waals surface area contributed by atoms with Gasteiger partial charge in [0.15, 0.2) is 0 Å². The quantitative estimate of drug-likeness (QED) is 0.797. The molecule has 6 nitrogen and oxygen atoms in total. The normalized spacial score (nSPS) is 16.7. The van der Waals surface area contributed by atoms with Crippen molar-refractivity contribution in [3.8, 4) is 6.01 Å². The Kier molecular flexibility index (Phi) is 5.18. The molecule has 1 aliphatic rings. The number of hydrogen-bond donors (Lipinski definition) is 2. The molecule has 106 valence electrons. The lowest BCUT2D eigenvalue weighted by Gasteiger charge is -2.16. The van der Waals surface area contributed by atoms with Crippen LogP contribution in [-0.2, 0) is 0 Å². The minimum absolute atomic E-state index is 0.349. The summed E-state index contributed by atoms with van der Waals surface area (Å²) in [7, 11) is 1.57. The maximum Gasteiger partial charge on any atom is 0.322 e. The molecule has 19 heavy (non-hydrogen) atoms. The number of nitrogens with zero attached hydrogens (tertiary/aromatic N) is 3. The van der Waals surface area contributed by atoms with Crippen molar-refractivity contribution in [2.24, 2.45) is 0 Å². The first kappa shape index (κ1) is 13.8. The second-order valence-corrected chi connectivity index (χ2v) is 4.83. The third-order valence-corrected chi connectivity index (χ3v) is 3.32. The molecule has 0 radical (unpaired) electrons. The molecule has 0 amide bonds. The smallest absolute Gasteiger partial charge is 0.322 e. The average molecular weight is 265 g/mol. The predicted molar refractivity (Wildman–Crippen MR) is 75.7 cm³/mol. The lowest BCUT2D eigenvalue weighted by Crippen LogP contribution is -2.21. The van der Waals surface area contributed by atoms with Crippen molar-refractivity contribution in [1.82, 2.24) is 15.0 Å². The molecule has 1 fully saturated rings. The Hall–Kier alpha value is -1.59. The molecule has 0 spiro atoms. The van der Waals surface area contributed by atoms with Gasteiger partial charge in [-0.15, -0.1) is 0 Å². The van der Waals surface area contributed by atoms with Crippen molar-refractivity contribution >= 4 is 11.9 Å². The van der Waals surface area contributed by atoms with Gasteiger partial charge in [0.2, 0.25) is 11.9 Å². The van der Waals surface area contributed by atoms with Crippen LogP contribution in [0.3, 0.4) is 0 Å². The summed E-state index contributed by atoms with van der Waals surface area (Å²) in [5.74, 6) is 1.17. The summed E-state index contributed by atoms with van der Waals surface area (Å²) in [6.07, 6.45) is 7.59. The van der Waals surface area contributed by atoms with E-state index in [-0.39, 0.29) is 0 Å². The molecule has 0 unspecified atom stereocenters. The van der Waals surface area contributed by atoms with Gasteiger partial charge in [-0.25, -0.2) is 0 Å². The highest BCUT2D eigenvalue weighted by atomic mass is 16.5. The lowest BCUT2D eigenvalue weighted by molar-refractivity contribution is 0.379. The number of nitrogens with one attached hydrogen (secondary N) is 2. The third kappa shape index (κ3) is 4.22. The van der Waals surface area contributed by atoms with Crippen LogP contribution < -0.4 is 15.4 Å². The fourth-order valence-electron chi connectivity index (χ4n) is 2.36. The molecule has 1 aliphatic carbocycles. The van der Waals surface area contributed by atoms with Crippen molar-refractivity contribution in [2.75, 3.05) is 24.3 Å². The van der Waals surface area contributed by atoms with Gasteiger partial charge >= 0.3 is 6.01 Å². The van der Waals surface area contributed by atoms with E-state index in [1.807, 2.05) is 6.92 Å². The summed E-state index contributed by atoms with van der Waals surface area (Å²) < 4.78 is 5.11. The highest BCUT2D eigenvalue weighted by molar-refractivity contribution is 5.36. The first-order valence-electron chi connectivity index (χ1n) is 7.12. The molecule has 0 atom stereocenters. The minimum atomic E-state index is 0.349. The summed E-state index contributed by atoms with van der Waals surface area (Å²) in [5, 5.41) is 6.50. The van der Waals surface area contributed by atoms with E-state index in [9.17, 15) is 0 Å². The zero-order valence-corrected chi connectivity index (χ0v) is 11.8. The molecule has 1 heterocycles. The van der Waals surface area contributed by atoms with Gasteiger partial charge in [-0.05, 0) is 19.8 Å². The van der Waals surface area contributed by atoms with E-state index in [1.165, 1.54) is 38.5 Å². The summed E-state index contributed by atoms with van der Waals surface area (Å²) >= 11 is 0. The molecule has 1 aromatic rings. The van der Waals surface area contributed by atoms with Crippen LogP contribution in [0.4, 0.5) is 11.9 Å². The van der Waals surface area contributed by atoms with Crippen molar-refractivity contribution in [3.63, 3.8) is 0 Å². The number of anilines is 2. The van der Waals surface area contributed by atoms with Gasteiger partial charge in [0, 0.05) is 12.6 Å². The molecule has 2 rings (SSSR count). The van der Waals surface area contributed by atoms with Crippen LogP contribution in [0.15, 0.2) is 0 Å². The van der Waals surface area contributed by atoms with Crippen molar-refractivity contribution < 1.29 is 4.74 Å². The Labute approximate surface area is 114 Å². The fourth-order valence-corrected chi connectivity index (χ4v) is 2.36. The molecule has 6 heteroatoms. The van der Waals surface area contributed by atoms with Gasteiger partial charge < -0.3 is 15.4 Å². The van der Waals surface area contributed by atoms with E-state index >= 15 is 0 Å². The monoisotopic (exact) mass is 265 g/mol. The Bertz CT molecular complexity index is 391. The largest absolute Gasteiger partial charge is 0.467 e. The first-order chi connectivity index (χ1) is 9.31. The lowest BCUT2D eigenvalue weighted by atomic mass is 10.1. The van der Waals surface area contributed by atoms with Gasteiger partial charge in [-0.1, -0.05) is 25.7 Å². The Morgan fingerprint density at radius 2 is 1.74 bits per heavy atom. The van der Waals surface area contributed by atoms with E-state index < -0.39 is 0 Å². The number of aromatic nitrogens is 3. The average Bonchev–Trinajstić information content (AvgIpc) is 2.67. The number of rotatable bonds is 5. The van der Waals surface area contributed by atoms with E-state index in [1.54, 1.807) is 7.11 Å². The molecule has 1 saturated carbocycles. The van der Waals surface area contributed by atoms with E-state index in [2.05, 4.69) is 25.6 Å². The second kappa shape index (κ2) is 7.11. The molecule has 2 N–H and O–H groups in total. The number of ether oxygens (including phenoxy) is 1. The highest BCUT2D eigenvalue weighted by Gasteiger charge is 2.14. The standard InChI is InChI=1S/C13H23N5O/c1-3-14-11-16-12(18-13(17-11)19-2)15-10-8-6-4-5-7-9-10/h10H,3-9H2,1-2H3,(H2,14,15,16,17,18). The second-order valence-electron chi connectivity index (χ2n) is 4.83. The SMILES string of the molecule is CCNc1nc(NC2CCCCCC2)nc(OC)n1. The van der Waals surface area contributed by atoms with Crippen molar-refractivity contribution in [3.05, 3.63) is 0 Å². The first-order valence-corrected chi connectivity index (χ1v) is 7.12. The van der Waals surface area contributed by atoms with Crippen LogP contribution >= 0.6 is 0 Å². The van der Waals surface area contributed by atoms with Crippen LogP contribution in [0.5, 0.6) is 6.01 Å². The van der Waals surface area contributed by atoms with E-state index in [0.29, 0.717) is 23.9 Å². The topological polar surface area (TPSA) is 72.0 Å². The van der Waals surface area contributed by atoms with Gasteiger partial charge in [0.25, 0.3) is 0 Å². The molecule has 0 aromatic carbocycles. The molecule has 0 saturated heterocycles. The molecule has 1 aromatic heterocycles. The van der Waals surface area contributed by atoms with E-state index in [4.69, 9.17) is 4.74 Å². The molecule has 0 aliphatic heterocycles. The van der Waals surface area contributed by atoms with Gasteiger partial charge in [0.05, 0.1) is 7.11 Å². The summed E-state index contributed by atoms with van der Waals surface area (Å²) in [5.41, 5.74) is 0. The zero-order chi connectivity index (χ0) is 13.5. The van der Waals surface area contributed by atoms with Gasteiger partial charge in [0.1, 0.15) is 0 Å². The maximum atomic E-state index is 5.11. The molecular formula is C13H23N5O. The highest BCUT2D eigenvalue weighted by Crippen LogP contribution is 2.20. The Morgan fingerprint density at radius 3 is 2.37 bits per heavy atom. The van der Waals surface area contributed by atoms with E-state index in [0.717, 1.165) is 6.54 Å². The number of methoxy groups -OCH3 is 1. The Balaban J connectivity index is 2.06. The van der Waals surface area contributed by atoms with Crippen LogP contribution in [0.25, 0.3) is 0 Å². The third-order valence-electron chi connectivity index (χ3n) is 3.32. The minimum Gasteiger partial charge on any atom is -0.467 e. The van der Waals surface area contributed by atoms with Gasteiger partial charge in [-0.2, -0.15) is 15.0 Å². The summed E-state index contributed by atoms with van der Waals surface area (Å²) in [6, 6.07) is 0.811. The van der Waals surface area contributed by atoms with Crippen LogP contribution in [0.1, 0.15) is 45.4 Å². The molecule has 0 bridgehead atoms. The van der Waals surface area contributed by atoms with Crippen molar-refractivity contribution in [2.45, 2.75) is 51.5 Å². The van der Waals surface area contributed by atoms with Crippen LogP contribution in [0, 0.1) is 0 Å². The Morgan fingerprint density at radius 1 is 1.05 bits per heavy atom. The molecular weight excluding hydrogens is 242 g/mol. The predicted octanol–water partition coefficient (Wildman–Crippen LogP) is 2.45. The van der Waals surface area contributed by atoms with Crippen LogP contribution in [-0.4, -0.2) is 34.6 Å². The fraction of sp³-hybridized carbons (Fsp3) is 0.769. The number of hydrogen-bond acceptors (Lipinski definition) is 6. The maximum absolute atomic E-state index is 5.11. The summed E-state index contributed by atoms with van der Waals surface area (Å²) in [4.78, 5) is 12.8. The zero-order valence-electron chi connectivity index (χ0n) is 11.8. The van der Waals surface area contributed by atoms with Gasteiger partial charge in [-0.3, -0.25) is 0 Å².